The van der Waals surface area contributed by atoms with Gasteiger partial charge in [0.25, 0.3) is 11.9 Å². The first-order valence-electron chi connectivity index (χ1n) is 21.2. The average molecular weight is 876 g/mol. The number of nitrogens with one attached hydrogen (secondary N) is 2. The van der Waals surface area contributed by atoms with Crippen LogP contribution in [0.4, 0.5) is 0 Å². The van der Waals surface area contributed by atoms with Crippen LogP contribution in [0.25, 0.3) is 0 Å². The van der Waals surface area contributed by atoms with Crippen molar-refractivity contribution in [1.82, 2.24) is 20.8 Å². The summed E-state index contributed by atoms with van der Waals surface area (Å²) in [5.74, 6) is -2.17. The van der Waals surface area contributed by atoms with Crippen molar-refractivity contribution in [2.24, 2.45) is 10.9 Å². The Labute approximate surface area is 365 Å². The van der Waals surface area contributed by atoms with Gasteiger partial charge in [0, 0.05) is 52.2 Å². The van der Waals surface area contributed by atoms with Crippen LogP contribution >= 0.6 is 0 Å². The Morgan fingerprint density at radius 3 is 2.30 bits per heavy atom. The van der Waals surface area contributed by atoms with Crippen LogP contribution in [0.1, 0.15) is 148 Å². The third kappa shape index (κ3) is 19.8. The molecule has 14 nitrogen and oxygen atoms in total. The van der Waals surface area contributed by atoms with Gasteiger partial charge in [-0.3, -0.25) is 29.6 Å². The Balaban J connectivity index is 0.0000112. The number of hydrogen-bond acceptors (Lipinski definition) is 11. The molecule has 0 aliphatic carbocycles. The Bertz CT molecular complexity index is 1370. The molecule has 15 heteroatoms. The van der Waals surface area contributed by atoms with Gasteiger partial charge < -0.3 is 25.2 Å². The Morgan fingerprint density at radius 2 is 1.63 bits per heavy atom. The zero-order chi connectivity index (χ0) is 40.5. The molecule has 2 heterocycles. The second-order valence-corrected chi connectivity index (χ2v) is 15.3. The number of rotatable bonds is 28. The number of hydroxylamine groups is 4. The van der Waals surface area contributed by atoms with Crippen LogP contribution in [-0.4, -0.2) is 99.6 Å². The fraction of sp³-hybridized carbons (Fsp3) is 0.714. The molecule has 319 valence electrons. The summed E-state index contributed by atoms with van der Waals surface area (Å²) in [4.78, 5) is 55.9. The van der Waals surface area contributed by atoms with Crippen LogP contribution in [0.3, 0.4) is 0 Å². The van der Waals surface area contributed by atoms with Gasteiger partial charge in [-0.15, -0.1) is 5.92 Å². The van der Waals surface area contributed by atoms with E-state index in [-0.39, 0.29) is 88.1 Å². The predicted octanol–water partition coefficient (Wildman–Crippen LogP) is 6.59. The average Bonchev–Trinajstić information content (AvgIpc) is 3.63. The van der Waals surface area contributed by atoms with E-state index in [0.717, 1.165) is 35.8 Å². The predicted molar refractivity (Wildman–Crippen MR) is 213 cm³/mol. The maximum Gasteiger partial charge on any atom is 0.297 e. The van der Waals surface area contributed by atoms with E-state index < -0.39 is 30.0 Å². The van der Waals surface area contributed by atoms with Crippen molar-refractivity contribution >= 4 is 29.6 Å². The number of carbonyl (C=O) groups is 4. The Morgan fingerprint density at radius 1 is 0.982 bits per heavy atom. The number of unbranched alkanes of at least 4 members (excludes halogenated alkanes) is 13. The van der Waals surface area contributed by atoms with Crippen LogP contribution in [0.15, 0.2) is 29.3 Å². The number of nitrogens with zero attached hydrogens (tertiary/aromatic N) is 3. The van der Waals surface area contributed by atoms with Gasteiger partial charge in [0.1, 0.15) is 18.4 Å². The van der Waals surface area contributed by atoms with Gasteiger partial charge >= 0.3 is 0 Å². The van der Waals surface area contributed by atoms with Gasteiger partial charge in [-0.1, -0.05) is 103 Å². The molecule has 0 bridgehead atoms. The summed E-state index contributed by atoms with van der Waals surface area (Å²) in [5.41, 5.74) is 0.352. The van der Waals surface area contributed by atoms with Crippen molar-refractivity contribution in [2.75, 3.05) is 26.2 Å². The van der Waals surface area contributed by atoms with Gasteiger partial charge in [0.2, 0.25) is 17.7 Å². The van der Waals surface area contributed by atoms with E-state index in [1.54, 1.807) is 18.2 Å². The van der Waals surface area contributed by atoms with E-state index >= 15 is 0 Å². The van der Waals surface area contributed by atoms with Crippen molar-refractivity contribution in [3.63, 3.8) is 0 Å². The van der Waals surface area contributed by atoms with Crippen LogP contribution < -0.4 is 10.6 Å². The minimum atomic E-state index is -1.05. The van der Waals surface area contributed by atoms with Crippen LogP contribution in [0, 0.1) is 12.5 Å². The van der Waals surface area contributed by atoms with E-state index in [2.05, 4.69) is 22.5 Å². The molecule has 1 aromatic rings. The summed E-state index contributed by atoms with van der Waals surface area (Å²) in [7, 11) is 0. The van der Waals surface area contributed by atoms with E-state index in [9.17, 15) is 34.7 Å². The molecule has 3 amide bonds. The van der Waals surface area contributed by atoms with Crippen molar-refractivity contribution in [1.29, 1.82) is 0 Å². The number of esters is 1. The van der Waals surface area contributed by atoms with Crippen LogP contribution in [-0.2, 0) is 61.4 Å². The summed E-state index contributed by atoms with van der Waals surface area (Å²) in [6, 6.07) is 3.95. The number of phenolic OH excluding ortho intramolecular Hbond substituents is 1. The number of amides is 3. The van der Waals surface area contributed by atoms with Gasteiger partial charge in [-0.05, 0) is 63.6 Å². The van der Waals surface area contributed by atoms with Crippen LogP contribution in [0.2, 0.25) is 0 Å². The Kier molecular flexibility index (Phi) is 26.2. The van der Waals surface area contributed by atoms with E-state index in [0.29, 0.717) is 44.3 Å². The molecule has 2 aliphatic rings. The number of benzene rings is 1. The summed E-state index contributed by atoms with van der Waals surface area (Å²) in [5, 5.41) is 37.8. The molecular weight excluding hydrogens is 807 g/mol. The normalized spacial score (nSPS) is 17.8. The number of aromatic hydroxyl groups is 1. The molecule has 1 saturated heterocycles. The first kappa shape index (κ1) is 50.5. The smallest absolute Gasteiger partial charge is 0.297 e. The molecule has 1 fully saturated rings. The number of hydrogen-bond donors (Lipinski definition) is 5. The number of aliphatic imine (C=N–C) groups is 1. The second kappa shape index (κ2) is 29.5. The Hall–Kier alpha value is -2.65. The summed E-state index contributed by atoms with van der Waals surface area (Å²) in [6.07, 6.45) is 19.1. The van der Waals surface area contributed by atoms with Crippen molar-refractivity contribution in [3.8, 4) is 5.75 Å². The molecule has 3 unspecified atom stereocenters. The number of carbonyl (C=O) groups excluding carboxylic acids is 4. The van der Waals surface area contributed by atoms with Crippen molar-refractivity contribution < 1.29 is 76.9 Å². The number of ether oxygens (including phenoxy) is 2. The molecule has 3 rings (SSSR count). The summed E-state index contributed by atoms with van der Waals surface area (Å²) >= 11 is 0. The molecule has 1 aromatic carbocycles. The minimum absolute atomic E-state index is 0. The second-order valence-electron chi connectivity index (χ2n) is 15.3. The SMILES string of the molecule is CCCCCCCCCCCCCCCC(=O)N(O)CCCCC(NC(=O)C1COC(c2ccccc2O)=N1)C(=O)O[CH-][C@H](C)CNC1CCCCN(O)C1=O.[Y]. The van der Waals surface area contributed by atoms with E-state index in [4.69, 9.17) is 9.47 Å². The van der Waals surface area contributed by atoms with E-state index in [1.165, 1.54) is 76.9 Å². The zero-order valence-electron chi connectivity index (χ0n) is 34.4. The monoisotopic (exact) mass is 875 g/mol. The molecule has 2 aliphatic heterocycles. The fourth-order valence-corrected chi connectivity index (χ4v) is 6.84. The minimum Gasteiger partial charge on any atom is -0.635 e. The third-order valence-electron chi connectivity index (χ3n) is 10.4. The quantitative estimate of drug-likeness (QED) is 0.0202. The molecule has 1 radical (unpaired) electrons. The van der Waals surface area contributed by atoms with Crippen molar-refractivity contribution in [3.05, 3.63) is 36.4 Å². The van der Waals surface area contributed by atoms with Gasteiger partial charge in [0.15, 0.2) is 6.04 Å². The maximum absolute atomic E-state index is 13.3. The van der Waals surface area contributed by atoms with Crippen molar-refractivity contribution in [2.45, 2.75) is 160 Å². The molecule has 0 aromatic heterocycles. The summed E-state index contributed by atoms with van der Waals surface area (Å²) in [6.45, 7) is 6.03. The molecule has 4 atom stereocenters. The van der Waals surface area contributed by atoms with E-state index in [1.807, 2.05) is 6.92 Å². The molecule has 0 saturated carbocycles. The molecule has 5 N–H and O–H groups in total. The standard InChI is InChI=1S/C42H68N5O9.Y/c1-3-4-5-6-7-8-9-10-11-12-13-14-15-26-38(49)46(53)27-20-19-24-35(44-39(50)36-31-55-40(45-36)33-22-16-17-25-37(33)48)42(52)56-30-32(2)29-43-34-23-18-21-28-47(54)41(34)51;/h16-17,22,25,30,32,34-36,43,48,53-54H,3-15,18-21,23-24,26-29,31H2,1-2H3,(H,44,50);/q-1;/t32-,34?,35?,36?;/m1./s1. The first-order chi connectivity index (χ1) is 27.1. The first-order valence-corrected chi connectivity index (χ1v) is 21.2. The zero-order valence-corrected chi connectivity index (χ0v) is 37.2. The van der Waals surface area contributed by atoms with Crippen LogP contribution in [0.5, 0.6) is 5.75 Å². The fourth-order valence-electron chi connectivity index (χ4n) is 6.84. The molecular formula is C42H68N5O9Y-. The third-order valence-corrected chi connectivity index (χ3v) is 10.4. The molecule has 0 spiro atoms. The van der Waals surface area contributed by atoms with Gasteiger partial charge in [-0.2, -0.15) is 6.61 Å². The largest absolute Gasteiger partial charge is 0.635 e. The summed E-state index contributed by atoms with van der Waals surface area (Å²) < 4.78 is 11.1. The van der Waals surface area contributed by atoms with Gasteiger partial charge in [0.05, 0.1) is 11.6 Å². The number of para-hydroxylation sites is 1. The van der Waals surface area contributed by atoms with Gasteiger partial charge in [-0.25, -0.2) is 15.1 Å². The topological polar surface area (TPSA) is 190 Å². The maximum atomic E-state index is 13.3. The molecule has 57 heavy (non-hydrogen) atoms. The number of phenols is 1.